The minimum atomic E-state index is -1.15. The van der Waals surface area contributed by atoms with E-state index in [4.69, 9.17) is 4.99 Å². The Morgan fingerprint density at radius 2 is 1.82 bits per heavy atom. The van der Waals surface area contributed by atoms with Crippen molar-refractivity contribution in [3.05, 3.63) is 168 Å². The Balaban J connectivity index is 1.21. The van der Waals surface area contributed by atoms with E-state index in [1.807, 2.05) is 93.6 Å². The van der Waals surface area contributed by atoms with Crippen LogP contribution in [0.4, 0.5) is 33.6 Å². The van der Waals surface area contributed by atoms with Crippen LogP contribution < -0.4 is 20.9 Å². The number of anilines is 5. The van der Waals surface area contributed by atoms with Crippen molar-refractivity contribution >= 4 is 46.4 Å². The molecule has 0 fully saturated rings. The molecule has 2 aromatic carbocycles. The van der Waals surface area contributed by atoms with E-state index in [0.717, 1.165) is 39.2 Å². The number of aliphatic hydroxyl groups is 1. The van der Waals surface area contributed by atoms with Crippen LogP contribution in [-0.4, -0.2) is 49.9 Å². The summed E-state index contributed by atoms with van der Waals surface area (Å²) >= 11 is 0. The molecule has 278 valence electrons. The number of allylic oxidation sites excluding steroid dienone is 7. The van der Waals surface area contributed by atoms with E-state index in [-0.39, 0.29) is 24.8 Å². The van der Waals surface area contributed by atoms with Crippen LogP contribution in [0.2, 0.25) is 0 Å². The average molecular weight is 733 g/mol. The van der Waals surface area contributed by atoms with E-state index in [0.29, 0.717) is 40.8 Å². The van der Waals surface area contributed by atoms with Gasteiger partial charge in [-0.05, 0) is 73.4 Å². The maximum absolute atomic E-state index is 13.7. The Hall–Kier alpha value is -6.72. The van der Waals surface area contributed by atoms with Gasteiger partial charge in [-0.15, -0.1) is 0 Å². The first-order valence-electron chi connectivity index (χ1n) is 18.0. The lowest BCUT2D eigenvalue weighted by molar-refractivity contribution is -0.119. The number of rotatable bonds is 11. The van der Waals surface area contributed by atoms with Crippen molar-refractivity contribution in [1.29, 1.82) is 0 Å². The fourth-order valence-corrected chi connectivity index (χ4v) is 6.10. The van der Waals surface area contributed by atoms with Gasteiger partial charge in [-0.3, -0.25) is 25.0 Å². The van der Waals surface area contributed by atoms with Gasteiger partial charge in [0.25, 0.3) is 0 Å². The number of fused-ring (bicyclic) bond motifs is 1. The number of benzene rings is 2. The number of carbonyl (C=O) groups is 2. The van der Waals surface area contributed by atoms with Crippen LogP contribution in [0.3, 0.4) is 0 Å². The second-order valence-corrected chi connectivity index (χ2v) is 13.3. The van der Waals surface area contributed by atoms with Crippen LogP contribution >= 0.6 is 0 Å². The maximum Gasteiger partial charge on any atom is 0.327 e. The first kappa shape index (κ1) is 38.0. The largest absolute Gasteiger partial charge is 0.369 e. The SMILES string of the molecule is C=C/C(C)=C(\C=C)C[C@@H]1N=C(c2ccccc2)/C=C/C=C(C(O)Nc2ccc(C)c(N3Cc4cnc(Nc5ccc(C)nc5)nc4NC3=O)c2)\C=C\CC1=O. The smallest absolute Gasteiger partial charge is 0.327 e. The summed E-state index contributed by atoms with van der Waals surface area (Å²) in [5, 5.41) is 20.7. The molecule has 4 heterocycles. The Labute approximate surface area is 321 Å². The lowest BCUT2D eigenvalue weighted by Gasteiger charge is -2.30. The number of ketones is 1. The zero-order valence-electron chi connectivity index (χ0n) is 31.2. The van der Waals surface area contributed by atoms with Gasteiger partial charge in [-0.2, -0.15) is 4.98 Å². The summed E-state index contributed by atoms with van der Waals surface area (Å²) in [4.78, 5) is 46.9. The van der Waals surface area contributed by atoms with Gasteiger partial charge in [-0.25, -0.2) is 9.78 Å². The molecule has 6 rings (SSSR count). The Morgan fingerprint density at radius 1 is 1.02 bits per heavy atom. The molecule has 2 amide bonds. The number of carbonyl (C=O) groups excluding carboxylic acids is 2. The first-order valence-corrected chi connectivity index (χ1v) is 18.0. The first-order chi connectivity index (χ1) is 26.6. The molecule has 2 aromatic heterocycles. The molecule has 4 N–H and O–H groups in total. The number of amides is 2. The van der Waals surface area contributed by atoms with Crippen molar-refractivity contribution in [3.63, 3.8) is 0 Å². The van der Waals surface area contributed by atoms with Gasteiger partial charge in [0.2, 0.25) is 5.95 Å². The molecule has 2 aliphatic heterocycles. The number of hydrogen-bond donors (Lipinski definition) is 4. The van der Waals surface area contributed by atoms with Crippen molar-refractivity contribution in [2.45, 2.75) is 52.4 Å². The highest BCUT2D eigenvalue weighted by atomic mass is 16.3. The molecule has 11 nitrogen and oxygen atoms in total. The van der Waals surface area contributed by atoms with Crippen molar-refractivity contribution < 1.29 is 14.7 Å². The van der Waals surface area contributed by atoms with Gasteiger partial charge in [0.1, 0.15) is 11.9 Å². The van der Waals surface area contributed by atoms with Crippen molar-refractivity contribution in [3.8, 4) is 0 Å². The van der Waals surface area contributed by atoms with Gasteiger partial charge in [0.05, 0.1) is 29.8 Å². The number of Topliss-reactive ketones (excluding diaryl/α,β-unsaturated/α-hetero) is 1. The molecule has 55 heavy (non-hydrogen) atoms. The lowest BCUT2D eigenvalue weighted by Crippen LogP contribution is -2.39. The number of aromatic nitrogens is 3. The monoisotopic (exact) mass is 732 g/mol. The number of aliphatic imine (C=N–C) groups is 1. The van der Waals surface area contributed by atoms with Gasteiger partial charge in [0, 0.05) is 41.6 Å². The lowest BCUT2D eigenvalue weighted by atomic mass is 9.96. The number of aliphatic hydroxyl groups excluding tert-OH is 1. The molecule has 2 atom stereocenters. The highest BCUT2D eigenvalue weighted by Gasteiger charge is 2.27. The average Bonchev–Trinajstić information content (AvgIpc) is 3.22. The van der Waals surface area contributed by atoms with Gasteiger partial charge < -0.3 is 15.7 Å². The summed E-state index contributed by atoms with van der Waals surface area (Å²) < 4.78 is 0. The van der Waals surface area contributed by atoms with Crippen LogP contribution in [0.15, 0.2) is 150 Å². The zero-order valence-corrected chi connectivity index (χ0v) is 31.2. The summed E-state index contributed by atoms with van der Waals surface area (Å²) in [6.07, 6.45) is 15.2. The molecular weight excluding hydrogens is 689 g/mol. The summed E-state index contributed by atoms with van der Waals surface area (Å²) in [5.74, 6) is 0.702. The van der Waals surface area contributed by atoms with Gasteiger partial charge >= 0.3 is 6.03 Å². The molecule has 4 aromatic rings. The second-order valence-electron chi connectivity index (χ2n) is 13.3. The minimum absolute atomic E-state index is 0.0657. The molecule has 0 saturated heterocycles. The van der Waals surface area contributed by atoms with Gasteiger partial charge in [-0.1, -0.05) is 86.0 Å². The van der Waals surface area contributed by atoms with E-state index in [2.05, 4.69) is 44.1 Å². The molecule has 0 aliphatic carbocycles. The van der Waals surface area contributed by atoms with Crippen molar-refractivity contribution in [2.75, 3.05) is 20.9 Å². The number of hydrogen-bond acceptors (Lipinski definition) is 9. The topological polar surface area (TPSA) is 145 Å². The summed E-state index contributed by atoms with van der Waals surface area (Å²) in [7, 11) is 0. The third kappa shape index (κ3) is 9.45. The van der Waals surface area contributed by atoms with Crippen molar-refractivity contribution in [1.82, 2.24) is 15.0 Å². The predicted molar refractivity (Wildman–Crippen MR) is 221 cm³/mol. The molecule has 0 bridgehead atoms. The third-order valence-electron chi connectivity index (χ3n) is 9.33. The quantitative estimate of drug-likeness (QED) is 0.0888. The molecule has 1 unspecified atom stereocenters. The van der Waals surface area contributed by atoms with E-state index in [9.17, 15) is 14.7 Å². The number of aryl methyl sites for hydroxylation is 2. The van der Waals surface area contributed by atoms with Crippen LogP contribution in [0.5, 0.6) is 0 Å². The van der Waals surface area contributed by atoms with Crippen LogP contribution in [-0.2, 0) is 11.3 Å². The normalized spacial score (nSPS) is 18.8. The minimum Gasteiger partial charge on any atom is -0.369 e. The zero-order chi connectivity index (χ0) is 38.9. The predicted octanol–water partition coefficient (Wildman–Crippen LogP) is 8.46. The fraction of sp³-hybridized carbons (Fsp3) is 0.182. The van der Waals surface area contributed by atoms with Gasteiger partial charge in [0.15, 0.2) is 12.0 Å². The number of pyridine rings is 1. The van der Waals surface area contributed by atoms with E-state index in [1.165, 1.54) is 0 Å². The summed E-state index contributed by atoms with van der Waals surface area (Å²) in [6, 6.07) is 18.0. The summed E-state index contributed by atoms with van der Waals surface area (Å²) in [6.45, 7) is 13.8. The van der Waals surface area contributed by atoms with E-state index in [1.54, 1.807) is 47.7 Å². The maximum atomic E-state index is 13.7. The molecule has 0 saturated carbocycles. The van der Waals surface area contributed by atoms with Crippen LogP contribution in [0.25, 0.3) is 0 Å². The second kappa shape index (κ2) is 17.4. The molecule has 0 radical (unpaired) electrons. The molecule has 0 spiro atoms. The number of nitrogens with one attached hydrogen (secondary N) is 3. The van der Waals surface area contributed by atoms with Crippen LogP contribution in [0.1, 0.15) is 42.1 Å². The Bertz CT molecular complexity index is 2250. The van der Waals surface area contributed by atoms with E-state index < -0.39 is 12.3 Å². The molecule has 2 aliphatic rings. The Kier molecular flexibility index (Phi) is 12.0. The molecular formula is C44H44N8O3. The number of nitrogens with zero attached hydrogens (tertiary/aromatic N) is 5. The fourth-order valence-electron chi connectivity index (χ4n) is 6.10. The van der Waals surface area contributed by atoms with E-state index >= 15 is 0 Å². The van der Waals surface area contributed by atoms with Crippen LogP contribution in [0, 0.1) is 13.8 Å². The number of urea groups is 1. The van der Waals surface area contributed by atoms with Crippen molar-refractivity contribution in [2.24, 2.45) is 4.99 Å². The standard InChI is InChI=1S/C44H44N8O3/c1-6-28(3)31(7-2)23-38-40(53)18-12-16-33(15-11-17-37(49-38)32-13-9-8-10-14-32)42(54)47-35-21-19-29(4)39(24-35)52-27-34-25-46-43(50-41(34)51-44(52)55)48-36-22-20-30(5)45-26-36/h6-17,19-22,24-26,38,42,47,54H,1-2,18,23,27H2,3-5H3,(H2,46,48,50,51,55)/b16-12+,17-11+,31-28+,33-15+,49-37?/t38-,42?/m0/s1. The summed E-state index contributed by atoms with van der Waals surface area (Å²) in [5.41, 5.74) is 8.35. The Morgan fingerprint density at radius 3 is 2.56 bits per heavy atom. The highest BCUT2D eigenvalue weighted by molar-refractivity contribution is 6.10. The highest BCUT2D eigenvalue weighted by Crippen LogP contribution is 2.32. The third-order valence-corrected chi connectivity index (χ3v) is 9.33. The molecule has 11 heteroatoms.